The van der Waals surface area contributed by atoms with Crippen LogP contribution in [0.4, 0.5) is 14.5 Å². The number of carbonyl (C=O) groups excluding carboxylic acids is 1. The molecular weight excluding hydrogens is 358 g/mol. The van der Waals surface area contributed by atoms with Crippen molar-refractivity contribution in [2.75, 3.05) is 25.1 Å². The number of ether oxygens (including phenoxy) is 2. The summed E-state index contributed by atoms with van der Waals surface area (Å²) in [6.45, 7) is -1.94. The van der Waals surface area contributed by atoms with Crippen LogP contribution in [0.15, 0.2) is 24.4 Å². The Hall–Kier alpha value is -2.99. The van der Waals surface area contributed by atoms with Gasteiger partial charge in [0.15, 0.2) is 0 Å². The van der Waals surface area contributed by atoms with E-state index in [0.29, 0.717) is 42.6 Å². The lowest BCUT2D eigenvalue weighted by Crippen LogP contribution is -2.46. The average Bonchev–Trinajstić information content (AvgIpc) is 2.66. The molecule has 7 nitrogen and oxygen atoms in total. The van der Waals surface area contributed by atoms with Crippen LogP contribution in [0.25, 0.3) is 10.9 Å². The molecule has 1 amide bonds. The van der Waals surface area contributed by atoms with Crippen LogP contribution in [0.3, 0.4) is 0 Å². The lowest BCUT2D eigenvalue weighted by atomic mass is 9.79. The summed E-state index contributed by atoms with van der Waals surface area (Å²) >= 11 is 0. The zero-order valence-corrected chi connectivity index (χ0v) is 14.4. The normalized spacial score (nSPS) is 16.1. The molecule has 1 aromatic carbocycles. The molecule has 2 heterocycles. The number of halogens is 2. The molecule has 2 aromatic rings. The third-order valence-electron chi connectivity index (χ3n) is 4.76. The molecule has 0 radical (unpaired) electrons. The first-order valence-electron chi connectivity index (χ1n) is 8.34. The number of nitriles is 1. The fraction of sp³-hybridized carbons (Fsp3) is 0.389. The Morgan fingerprint density at radius 3 is 2.81 bits per heavy atom. The average molecular weight is 376 g/mol. The minimum Gasteiger partial charge on any atom is -0.435 e. The highest BCUT2D eigenvalue weighted by atomic mass is 19.3. The quantitative estimate of drug-likeness (QED) is 0.801. The highest BCUT2D eigenvalue weighted by Gasteiger charge is 2.38. The number of carbonyl (C=O) groups is 1. The standard InChI is InChI=1S/C18H18F2N4O3/c19-17(20)27-12-1-2-14-13(7-12)15(11(8-21)9-23-14)24-10-18(16(22)25)3-5-26-6-4-18/h1-2,7,9,17H,3-6,10H2,(H2,22,25)(H,23,24). The summed E-state index contributed by atoms with van der Waals surface area (Å²) in [6.07, 6.45) is 2.30. The van der Waals surface area contributed by atoms with Crippen molar-refractivity contribution in [3.8, 4) is 11.8 Å². The van der Waals surface area contributed by atoms with Gasteiger partial charge in [0.25, 0.3) is 0 Å². The van der Waals surface area contributed by atoms with Crippen molar-refractivity contribution in [1.82, 2.24) is 4.98 Å². The van der Waals surface area contributed by atoms with Gasteiger partial charge in [-0.1, -0.05) is 0 Å². The number of nitrogens with zero attached hydrogens (tertiary/aromatic N) is 2. The van der Waals surface area contributed by atoms with Crippen molar-refractivity contribution in [2.24, 2.45) is 11.1 Å². The largest absolute Gasteiger partial charge is 0.435 e. The van der Waals surface area contributed by atoms with Crippen LogP contribution in [0.5, 0.6) is 5.75 Å². The topological polar surface area (TPSA) is 110 Å². The van der Waals surface area contributed by atoms with Gasteiger partial charge in [-0.3, -0.25) is 9.78 Å². The van der Waals surface area contributed by atoms with Gasteiger partial charge in [-0.05, 0) is 31.0 Å². The molecule has 1 aliphatic heterocycles. The first-order valence-corrected chi connectivity index (χ1v) is 8.34. The zero-order valence-electron chi connectivity index (χ0n) is 14.4. The number of aromatic nitrogens is 1. The predicted molar refractivity (Wildman–Crippen MR) is 93.3 cm³/mol. The van der Waals surface area contributed by atoms with E-state index in [4.69, 9.17) is 10.5 Å². The van der Waals surface area contributed by atoms with Gasteiger partial charge >= 0.3 is 6.61 Å². The second-order valence-corrected chi connectivity index (χ2v) is 6.33. The van der Waals surface area contributed by atoms with Gasteiger partial charge in [0.1, 0.15) is 11.8 Å². The second kappa shape index (κ2) is 7.72. The van der Waals surface area contributed by atoms with Crippen molar-refractivity contribution >= 4 is 22.5 Å². The van der Waals surface area contributed by atoms with Gasteiger partial charge in [0.2, 0.25) is 5.91 Å². The van der Waals surface area contributed by atoms with Crippen molar-refractivity contribution in [1.29, 1.82) is 5.26 Å². The van der Waals surface area contributed by atoms with Crippen LogP contribution >= 0.6 is 0 Å². The Balaban J connectivity index is 1.98. The number of anilines is 1. The number of hydrogen-bond donors (Lipinski definition) is 2. The molecule has 0 unspecified atom stereocenters. The maximum atomic E-state index is 12.5. The van der Waals surface area contributed by atoms with Crippen LogP contribution in [0, 0.1) is 16.7 Å². The monoisotopic (exact) mass is 376 g/mol. The fourth-order valence-electron chi connectivity index (χ4n) is 3.15. The van der Waals surface area contributed by atoms with Gasteiger partial charge < -0.3 is 20.5 Å². The van der Waals surface area contributed by atoms with Gasteiger partial charge in [-0.25, -0.2) is 0 Å². The van der Waals surface area contributed by atoms with Crippen molar-refractivity contribution in [3.05, 3.63) is 30.0 Å². The minimum absolute atomic E-state index is 0.0480. The third-order valence-corrected chi connectivity index (χ3v) is 4.76. The Bertz CT molecular complexity index is 892. The summed E-state index contributed by atoms with van der Waals surface area (Å²) in [5.41, 5.74) is 5.93. The summed E-state index contributed by atoms with van der Waals surface area (Å²) in [5, 5.41) is 13.0. The molecular formula is C18H18F2N4O3. The first-order chi connectivity index (χ1) is 12.9. The summed E-state index contributed by atoms with van der Waals surface area (Å²) in [6, 6.07) is 6.31. The van der Waals surface area contributed by atoms with E-state index >= 15 is 0 Å². The molecule has 142 valence electrons. The summed E-state index contributed by atoms with van der Waals surface area (Å²) < 4.78 is 34.8. The third kappa shape index (κ3) is 3.90. The predicted octanol–water partition coefficient (Wildman–Crippen LogP) is 2.40. The molecule has 0 aliphatic carbocycles. The molecule has 27 heavy (non-hydrogen) atoms. The number of nitrogens with one attached hydrogen (secondary N) is 1. The molecule has 3 rings (SSSR count). The number of nitrogens with two attached hydrogens (primary N) is 1. The molecule has 1 aromatic heterocycles. The molecule has 1 aliphatic rings. The number of pyridine rings is 1. The number of hydrogen-bond acceptors (Lipinski definition) is 6. The number of fused-ring (bicyclic) bond motifs is 1. The van der Waals surface area contributed by atoms with E-state index in [1.54, 1.807) is 0 Å². The van der Waals surface area contributed by atoms with Crippen LogP contribution in [0.2, 0.25) is 0 Å². The Morgan fingerprint density at radius 1 is 1.44 bits per heavy atom. The molecule has 9 heteroatoms. The van der Waals surface area contributed by atoms with E-state index < -0.39 is 17.9 Å². The SMILES string of the molecule is N#Cc1cnc2ccc(OC(F)F)cc2c1NCC1(C(N)=O)CCOCC1. The maximum Gasteiger partial charge on any atom is 0.387 e. The van der Waals surface area contributed by atoms with Crippen molar-refractivity contribution in [2.45, 2.75) is 19.5 Å². The van der Waals surface area contributed by atoms with Gasteiger partial charge in [0.05, 0.1) is 22.2 Å². The molecule has 3 N–H and O–H groups in total. The number of alkyl halides is 2. The number of rotatable bonds is 6. The number of primary amides is 1. The van der Waals surface area contributed by atoms with E-state index in [1.807, 2.05) is 6.07 Å². The zero-order chi connectivity index (χ0) is 19.4. The summed E-state index contributed by atoms with van der Waals surface area (Å²) in [7, 11) is 0. The van der Waals surface area contributed by atoms with Crippen molar-refractivity contribution in [3.63, 3.8) is 0 Å². The van der Waals surface area contributed by atoms with Crippen LogP contribution in [0.1, 0.15) is 18.4 Å². The first kappa shape index (κ1) is 18.8. The molecule has 0 spiro atoms. The maximum absolute atomic E-state index is 12.5. The smallest absolute Gasteiger partial charge is 0.387 e. The van der Waals surface area contributed by atoms with Crippen molar-refractivity contribution < 1.29 is 23.0 Å². The highest BCUT2D eigenvalue weighted by molar-refractivity contribution is 5.95. The molecule has 0 saturated carbocycles. The lowest BCUT2D eigenvalue weighted by molar-refractivity contribution is -0.132. The number of amides is 1. The van der Waals surface area contributed by atoms with Gasteiger partial charge in [-0.15, -0.1) is 0 Å². The van der Waals surface area contributed by atoms with E-state index in [1.165, 1.54) is 24.4 Å². The summed E-state index contributed by atoms with van der Waals surface area (Å²) in [4.78, 5) is 16.2. The molecule has 1 saturated heterocycles. The molecule has 0 atom stereocenters. The second-order valence-electron chi connectivity index (χ2n) is 6.33. The fourth-order valence-corrected chi connectivity index (χ4v) is 3.15. The highest BCUT2D eigenvalue weighted by Crippen LogP contribution is 2.34. The minimum atomic E-state index is -2.97. The molecule has 1 fully saturated rings. The van der Waals surface area contributed by atoms with E-state index in [2.05, 4.69) is 15.0 Å². The van der Waals surface area contributed by atoms with Gasteiger partial charge in [0, 0.05) is 31.3 Å². The van der Waals surface area contributed by atoms with Crippen LogP contribution in [-0.2, 0) is 9.53 Å². The van der Waals surface area contributed by atoms with Gasteiger partial charge in [-0.2, -0.15) is 14.0 Å². The number of benzene rings is 1. The van der Waals surface area contributed by atoms with E-state index in [9.17, 15) is 18.8 Å². The Morgan fingerprint density at radius 2 is 2.19 bits per heavy atom. The lowest BCUT2D eigenvalue weighted by Gasteiger charge is -2.34. The van der Waals surface area contributed by atoms with Crippen LogP contribution < -0.4 is 15.8 Å². The Labute approximate surface area is 154 Å². The van der Waals surface area contributed by atoms with E-state index in [0.717, 1.165) is 0 Å². The summed E-state index contributed by atoms with van der Waals surface area (Å²) in [5.74, 6) is -0.495. The van der Waals surface area contributed by atoms with Crippen LogP contribution in [-0.4, -0.2) is 37.3 Å². The molecule has 0 bridgehead atoms. The van der Waals surface area contributed by atoms with E-state index in [-0.39, 0.29) is 17.9 Å². The Kier molecular flexibility index (Phi) is 5.37.